The van der Waals surface area contributed by atoms with E-state index in [1.807, 2.05) is 0 Å². The van der Waals surface area contributed by atoms with Gasteiger partial charge in [0.25, 0.3) is 5.91 Å². The molecule has 0 aliphatic heterocycles. The Labute approximate surface area is 167 Å². The lowest BCUT2D eigenvalue weighted by molar-refractivity contribution is -0.123. The average molecular weight is 430 g/mol. The van der Waals surface area contributed by atoms with Crippen molar-refractivity contribution in [1.82, 2.24) is 0 Å². The summed E-state index contributed by atoms with van der Waals surface area (Å²) in [5.41, 5.74) is 0.901. The van der Waals surface area contributed by atoms with Gasteiger partial charge < -0.3 is 10.1 Å². The normalized spacial score (nSPS) is 12.3. The van der Waals surface area contributed by atoms with Gasteiger partial charge in [-0.3, -0.25) is 4.79 Å². The van der Waals surface area contributed by atoms with Crippen molar-refractivity contribution in [2.45, 2.75) is 18.8 Å². The van der Waals surface area contributed by atoms with Gasteiger partial charge in [-0.1, -0.05) is 35.3 Å². The molecule has 0 aromatic heterocycles. The summed E-state index contributed by atoms with van der Waals surface area (Å²) >= 11 is 11.9. The number of sulfone groups is 1. The first kappa shape index (κ1) is 21.2. The Morgan fingerprint density at radius 2 is 1.85 bits per heavy atom. The molecule has 0 saturated carbocycles. The number of carbonyl (C=O) groups excluding carboxylic acids is 2. The molecule has 2 aromatic rings. The molecule has 2 rings (SSSR count). The SMILES string of the molecule is CC(OC(=O)c1cccc(CS(C)(=O)=O)c1)C(=O)Nc1cc(Cl)ccc1Cl. The molecule has 0 aliphatic carbocycles. The lowest BCUT2D eigenvalue weighted by atomic mass is 10.1. The van der Waals surface area contributed by atoms with E-state index in [0.717, 1.165) is 6.26 Å². The number of rotatable bonds is 6. The molecule has 27 heavy (non-hydrogen) atoms. The Hall–Kier alpha value is -2.09. The van der Waals surface area contributed by atoms with Gasteiger partial charge in [0.15, 0.2) is 15.9 Å². The van der Waals surface area contributed by atoms with E-state index in [0.29, 0.717) is 21.3 Å². The van der Waals surface area contributed by atoms with Gasteiger partial charge >= 0.3 is 5.97 Å². The van der Waals surface area contributed by atoms with Gasteiger partial charge in [0.05, 0.1) is 22.0 Å². The van der Waals surface area contributed by atoms with E-state index in [1.165, 1.54) is 31.2 Å². The first-order valence-corrected chi connectivity index (χ1v) is 10.6. The molecule has 0 saturated heterocycles. The van der Waals surface area contributed by atoms with Crippen molar-refractivity contribution in [3.8, 4) is 0 Å². The number of ether oxygens (including phenoxy) is 1. The van der Waals surface area contributed by atoms with E-state index < -0.39 is 27.8 Å². The largest absolute Gasteiger partial charge is 0.449 e. The van der Waals surface area contributed by atoms with Crippen LogP contribution in [0.3, 0.4) is 0 Å². The monoisotopic (exact) mass is 429 g/mol. The molecule has 0 heterocycles. The maximum Gasteiger partial charge on any atom is 0.338 e. The highest BCUT2D eigenvalue weighted by Crippen LogP contribution is 2.25. The fraction of sp³-hybridized carbons (Fsp3) is 0.222. The molecule has 0 fully saturated rings. The molecule has 0 aliphatic rings. The maximum absolute atomic E-state index is 12.3. The van der Waals surface area contributed by atoms with E-state index in [1.54, 1.807) is 18.2 Å². The average Bonchev–Trinajstić information content (AvgIpc) is 2.56. The zero-order valence-electron chi connectivity index (χ0n) is 14.5. The van der Waals surface area contributed by atoms with Gasteiger partial charge in [-0.2, -0.15) is 0 Å². The number of anilines is 1. The first-order valence-electron chi connectivity index (χ1n) is 7.79. The highest BCUT2D eigenvalue weighted by Gasteiger charge is 2.20. The number of halogens is 2. The van der Waals surface area contributed by atoms with Crippen LogP contribution in [0.15, 0.2) is 42.5 Å². The van der Waals surface area contributed by atoms with Crippen molar-refractivity contribution in [2.24, 2.45) is 0 Å². The Morgan fingerprint density at radius 1 is 1.15 bits per heavy atom. The van der Waals surface area contributed by atoms with Gasteiger partial charge in [0.2, 0.25) is 0 Å². The van der Waals surface area contributed by atoms with Crippen molar-refractivity contribution < 1.29 is 22.7 Å². The lowest BCUT2D eigenvalue weighted by Gasteiger charge is -2.14. The van der Waals surface area contributed by atoms with E-state index in [4.69, 9.17) is 27.9 Å². The van der Waals surface area contributed by atoms with E-state index in [9.17, 15) is 18.0 Å². The molecule has 6 nitrogen and oxygen atoms in total. The number of carbonyl (C=O) groups is 2. The summed E-state index contributed by atoms with van der Waals surface area (Å²) in [5, 5.41) is 3.22. The van der Waals surface area contributed by atoms with Crippen LogP contribution in [0.2, 0.25) is 10.0 Å². The molecule has 1 N–H and O–H groups in total. The van der Waals surface area contributed by atoms with Crippen LogP contribution in [-0.4, -0.2) is 32.7 Å². The minimum Gasteiger partial charge on any atom is -0.449 e. The number of hydrogen-bond acceptors (Lipinski definition) is 5. The molecule has 1 atom stereocenters. The Morgan fingerprint density at radius 3 is 2.52 bits per heavy atom. The summed E-state index contributed by atoms with van der Waals surface area (Å²) in [4.78, 5) is 24.5. The van der Waals surface area contributed by atoms with Crippen LogP contribution in [0.25, 0.3) is 0 Å². The Kier molecular flexibility index (Phi) is 6.86. The number of benzene rings is 2. The molecule has 9 heteroatoms. The molecule has 144 valence electrons. The fourth-order valence-corrected chi connectivity index (χ4v) is 3.32. The van der Waals surface area contributed by atoms with Crippen LogP contribution >= 0.6 is 23.2 Å². The quantitative estimate of drug-likeness (QED) is 0.706. The number of amides is 1. The molecular formula is C18H17Cl2NO5S. The van der Waals surface area contributed by atoms with Gasteiger partial charge in [-0.05, 0) is 42.8 Å². The third-order valence-electron chi connectivity index (χ3n) is 3.43. The van der Waals surface area contributed by atoms with Crippen molar-refractivity contribution >= 4 is 50.6 Å². The van der Waals surface area contributed by atoms with Gasteiger partial charge in [-0.15, -0.1) is 0 Å². The smallest absolute Gasteiger partial charge is 0.338 e. The standard InChI is InChI=1S/C18H17Cl2NO5S/c1-11(17(22)21-16-9-14(19)6-7-15(16)20)26-18(23)13-5-3-4-12(8-13)10-27(2,24)25/h3-9,11H,10H2,1-2H3,(H,21,22). The summed E-state index contributed by atoms with van der Waals surface area (Å²) in [5.74, 6) is -1.53. The second kappa shape index (κ2) is 8.73. The van der Waals surface area contributed by atoms with Crippen LogP contribution in [0, 0.1) is 0 Å². The lowest BCUT2D eigenvalue weighted by Crippen LogP contribution is -2.30. The molecule has 2 aromatic carbocycles. The molecule has 1 amide bonds. The number of hydrogen-bond donors (Lipinski definition) is 1. The minimum absolute atomic E-state index is 0.150. The molecule has 0 bridgehead atoms. The molecule has 1 unspecified atom stereocenters. The van der Waals surface area contributed by atoms with Crippen molar-refractivity contribution in [3.05, 3.63) is 63.6 Å². The summed E-state index contributed by atoms with van der Waals surface area (Å²) < 4.78 is 27.9. The second-order valence-corrected chi connectivity index (χ2v) is 8.92. The summed E-state index contributed by atoms with van der Waals surface area (Å²) in [7, 11) is -3.24. The van der Waals surface area contributed by atoms with E-state index in [2.05, 4.69) is 5.32 Å². The van der Waals surface area contributed by atoms with E-state index >= 15 is 0 Å². The third-order valence-corrected chi connectivity index (χ3v) is 4.85. The highest BCUT2D eigenvalue weighted by atomic mass is 35.5. The van der Waals surface area contributed by atoms with Crippen LogP contribution in [0.5, 0.6) is 0 Å². The van der Waals surface area contributed by atoms with Crippen LogP contribution < -0.4 is 5.32 Å². The zero-order valence-corrected chi connectivity index (χ0v) is 16.9. The van der Waals surface area contributed by atoms with Crippen LogP contribution in [-0.2, 0) is 25.1 Å². The van der Waals surface area contributed by atoms with Crippen molar-refractivity contribution in [1.29, 1.82) is 0 Å². The molecule has 0 radical (unpaired) electrons. The summed E-state index contributed by atoms with van der Waals surface area (Å²) in [6.07, 6.45) is -0.00290. The van der Waals surface area contributed by atoms with Crippen molar-refractivity contribution in [3.63, 3.8) is 0 Å². The van der Waals surface area contributed by atoms with Crippen molar-refractivity contribution in [2.75, 3.05) is 11.6 Å². The first-order chi connectivity index (χ1) is 12.5. The van der Waals surface area contributed by atoms with Crippen LogP contribution in [0.1, 0.15) is 22.8 Å². The zero-order chi connectivity index (χ0) is 20.2. The van der Waals surface area contributed by atoms with E-state index in [-0.39, 0.29) is 11.3 Å². The molecular weight excluding hydrogens is 413 g/mol. The highest BCUT2D eigenvalue weighted by molar-refractivity contribution is 7.89. The second-order valence-electron chi connectivity index (χ2n) is 5.93. The summed E-state index contributed by atoms with van der Waals surface area (Å²) in [6.45, 7) is 1.41. The third kappa shape index (κ3) is 6.53. The topological polar surface area (TPSA) is 89.5 Å². The predicted octanol–water partition coefficient (Wildman–Crippen LogP) is 3.72. The Balaban J connectivity index is 2.05. The molecule has 0 spiro atoms. The fourth-order valence-electron chi connectivity index (χ4n) is 2.20. The Bertz CT molecular complexity index is 975. The number of esters is 1. The van der Waals surface area contributed by atoms with Crippen LogP contribution in [0.4, 0.5) is 5.69 Å². The summed E-state index contributed by atoms with van der Waals surface area (Å²) in [6, 6.07) is 10.6. The van der Waals surface area contributed by atoms with Gasteiger partial charge in [0.1, 0.15) is 0 Å². The predicted molar refractivity (Wildman–Crippen MR) is 105 cm³/mol. The maximum atomic E-state index is 12.3. The number of nitrogens with one attached hydrogen (secondary N) is 1. The van der Waals surface area contributed by atoms with Gasteiger partial charge in [-0.25, -0.2) is 13.2 Å². The van der Waals surface area contributed by atoms with Gasteiger partial charge in [0, 0.05) is 11.3 Å². The minimum atomic E-state index is -3.24.